The molecule has 0 amide bonds. The molecular formula is C22H44O5. The molecule has 0 aliphatic carbocycles. The second-order valence-corrected chi connectivity index (χ2v) is 7.12. The minimum atomic E-state index is -0.915. The lowest BCUT2D eigenvalue weighted by atomic mass is 10.0. The standard InChI is InChI=1S/C18H36O2.C4H8O3/c1-2-3-4-5-6-7-8-9-10-11-12-13-14-15-16-17-18(19)20;1-2-7-3-4(5)6/h2-17H2,1H3,(H,19,20);2-3H2,1H3,(H,5,6). The summed E-state index contributed by atoms with van der Waals surface area (Å²) in [5, 5.41) is 16.4. The molecule has 0 aromatic heterocycles. The van der Waals surface area contributed by atoms with E-state index < -0.39 is 11.9 Å². The number of aliphatic carboxylic acids is 2. The fraction of sp³-hybridized carbons (Fsp3) is 0.909. The second kappa shape index (κ2) is 24.9. The monoisotopic (exact) mass is 388 g/mol. The zero-order chi connectivity index (χ0) is 20.6. The second-order valence-electron chi connectivity index (χ2n) is 7.12. The average Bonchev–Trinajstić information content (AvgIpc) is 2.63. The van der Waals surface area contributed by atoms with Crippen molar-refractivity contribution in [2.75, 3.05) is 13.2 Å². The van der Waals surface area contributed by atoms with Crippen LogP contribution >= 0.6 is 0 Å². The molecule has 162 valence electrons. The molecule has 27 heavy (non-hydrogen) atoms. The number of hydrogen-bond donors (Lipinski definition) is 2. The fourth-order valence-electron chi connectivity index (χ4n) is 2.84. The van der Waals surface area contributed by atoms with Gasteiger partial charge in [0.05, 0.1) is 0 Å². The van der Waals surface area contributed by atoms with Crippen LogP contribution in [0.5, 0.6) is 0 Å². The van der Waals surface area contributed by atoms with Crippen LogP contribution in [0.15, 0.2) is 0 Å². The van der Waals surface area contributed by atoms with E-state index in [-0.39, 0.29) is 6.61 Å². The van der Waals surface area contributed by atoms with Crippen LogP contribution in [-0.2, 0) is 14.3 Å². The van der Waals surface area contributed by atoms with Crippen molar-refractivity contribution in [1.82, 2.24) is 0 Å². The minimum Gasteiger partial charge on any atom is -0.481 e. The number of unbranched alkanes of at least 4 members (excludes halogenated alkanes) is 14. The maximum atomic E-state index is 10.3. The SMILES string of the molecule is CCCCCCCCCCCCCCCCCC(=O)O.CCOCC(=O)O. The van der Waals surface area contributed by atoms with Crippen LogP contribution in [0.2, 0.25) is 0 Å². The molecule has 0 heterocycles. The molecule has 0 aliphatic heterocycles. The number of carbonyl (C=O) groups is 2. The summed E-state index contributed by atoms with van der Waals surface area (Å²) in [7, 11) is 0. The topological polar surface area (TPSA) is 83.8 Å². The van der Waals surface area contributed by atoms with Crippen LogP contribution in [0.25, 0.3) is 0 Å². The highest BCUT2D eigenvalue weighted by molar-refractivity contribution is 5.68. The van der Waals surface area contributed by atoms with Crippen molar-refractivity contribution in [2.24, 2.45) is 0 Å². The smallest absolute Gasteiger partial charge is 0.329 e. The largest absolute Gasteiger partial charge is 0.481 e. The molecule has 0 aromatic carbocycles. The summed E-state index contributed by atoms with van der Waals surface area (Å²) >= 11 is 0. The lowest BCUT2D eigenvalue weighted by molar-refractivity contribution is -0.142. The van der Waals surface area contributed by atoms with E-state index in [4.69, 9.17) is 10.2 Å². The lowest BCUT2D eigenvalue weighted by Crippen LogP contribution is -2.05. The summed E-state index contributed by atoms with van der Waals surface area (Å²) < 4.78 is 4.50. The summed E-state index contributed by atoms with van der Waals surface area (Å²) in [6.07, 6.45) is 20.2. The average molecular weight is 389 g/mol. The third kappa shape index (κ3) is 33.0. The molecule has 0 saturated heterocycles. The van der Waals surface area contributed by atoms with Gasteiger partial charge in [0.2, 0.25) is 0 Å². The van der Waals surface area contributed by atoms with Crippen LogP contribution in [0.1, 0.15) is 117 Å². The first-order valence-electron chi connectivity index (χ1n) is 11.1. The first-order chi connectivity index (χ1) is 13.0. The molecule has 0 bridgehead atoms. The van der Waals surface area contributed by atoms with Gasteiger partial charge in [-0.3, -0.25) is 4.79 Å². The van der Waals surface area contributed by atoms with Crippen molar-refractivity contribution >= 4 is 11.9 Å². The van der Waals surface area contributed by atoms with Crippen molar-refractivity contribution in [3.05, 3.63) is 0 Å². The predicted molar refractivity (Wildman–Crippen MR) is 111 cm³/mol. The van der Waals surface area contributed by atoms with Crippen LogP contribution in [0.4, 0.5) is 0 Å². The molecule has 0 aromatic rings. The maximum Gasteiger partial charge on any atom is 0.329 e. The fourth-order valence-corrected chi connectivity index (χ4v) is 2.84. The molecule has 0 aliphatic rings. The first kappa shape index (κ1) is 28.1. The lowest BCUT2D eigenvalue weighted by Gasteiger charge is -2.03. The normalized spacial score (nSPS) is 10.3. The van der Waals surface area contributed by atoms with Crippen LogP contribution in [-0.4, -0.2) is 35.4 Å². The molecule has 0 saturated carbocycles. The molecule has 0 radical (unpaired) electrons. The van der Waals surface area contributed by atoms with Gasteiger partial charge in [-0.15, -0.1) is 0 Å². The quantitative estimate of drug-likeness (QED) is 0.249. The van der Waals surface area contributed by atoms with Crippen molar-refractivity contribution < 1.29 is 24.5 Å². The minimum absolute atomic E-state index is 0.184. The number of ether oxygens (including phenoxy) is 1. The van der Waals surface area contributed by atoms with Gasteiger partial charge in [0.25, 0.3) is 0 Å². The third-order valence-corrected chi connectivity index (χ3v) is 4.42. The molecule has 0 unspecified atom stereocenters. The van der Waals surface area contributed by atoms with E-state index in [9.17, 15) is 9.59 Å². The van der Waals surface area contributed by atoms with Crippen LogP contribution < -0.4 is 0 Å². The zero-order valence-corrected chi connectivity index (χ0v) is 17.8. The summed E-state index contributed by atoms with van der Waals surface area (Å²) in [5.74, 6) is -1.57. The summed E-state index contributed by atoms with van der Waals surface area (Å²) in [5.41, 5.74) is 0. The molecule has 0 atom stereocenters. The molecule has 2 N–H and O–H groups in total. The van der Waals surface area contributed by atoms with E-state index in [2.05, 4.69) is 11.7 Å². The molecule has 5 heteroatoms. The number of carboxylic acids is 2. The van der Waals surface area contributed by atoms with Gasteiger partial charge < -0.3 is 14.9 Å². The Labute approximate surface area is 166 Å². The van der Waals surface area contributed by atoms with Gasteiger partial charge in [-0.1, -0.05) is 96.8 Å². The van der Waals surface area contributed by atoms with E-state index in [0.717, 1.165) is 12.8 Å². The van der Waals surface area contributed by atoms with Gasteiger partial charge in [-0.25, -0.2) is 4.79 Å². The summed E-state index contributed by atoms with van der Waals surface area (Å²) in [4.78, 5) is 20.0. The first-order valence-corrected chi connectivity index (χ1v) is 11.1. The Morgan fingerprint density at radius 3 is 1.22 bits per heavy atom. The summed E-state index contributed by atoms with van der Waals surface area (Å²) in [6.45, 7) is 4.30. The Hall–Kier alpha value is -1.10. The highest BCUT2D eigenvalue weighted by Crippen LogP contribution is 2.13. The van der Waals surface area contributed by atoms with Gasteiger partial charge in [0.15, 0.2) is 0 Å². The van der Waals surface area contributed by atoms with E-state index in [1.165, 1.54) is 83.5 Å². The molecule has 0 spiro atoms. The molecule has 0 rings (SSSR count). The molecule has 5 nitrogen and oxygen atoms in total. The Kier molecular flexibility index (Phi) is 25.9. The molecular weight excluding hydrogens is 344 g/mol. The predicted octanol–water partition coefficient (Wildman–Crippen LogP) is 6.44. The number of rotatable bonds is 19. The Balaban J connectivity index is 0. The summed E-state index contributed by atoms with van der Waals surface area (Å²) in [6, 6.07) is 0. The van der Waals surface area contributed by atoms with Crippen LogP contribution in [0.3, 0.4) is 0 Å². The highest BCUT2D eigenvalue weighted by Gasteiger charge is 1.97. The Morgan fingerprint density at radius 1 is 0.593 bits per heavy atom. The van der Waals surface area contributed by atoms with Gasteiger partial charge in [0, 0.05) is 13.0 Å². The zero-order valence-electron chi connectivity index (χ0n) is 17.8. The number of hydrogen-bond acceptors (Lipinski definition) is 3. The maximum absolute atomic E-state index is 10.3. The highest BCUT2D eigenvalue weighted by atomic mass is 16.5. The Bertz CT molecular complexity index is 318. The van der Waals surface area contributed by atoms with Gasteiger partial charge >= 0.3 is 11.9 Å². The van der Waals surface area contributed by atoms with Crippen molar-refractivity contribution in [3.8, 4) is 0 Å². The van der Waals surface area contributed by atoms with E-state index >= 15 is 0 Å². The molecule has 0 fully saturated rings. The third-order valence-electron chi connectivity index (χ3n) is 4.42. The Morgan fingerprint density at radius 2 is 0.963 bits per heavy atom. The van der Waals surface area contributed by atoms with Crippen molar-refractivity contribution in [3.63, 3.8) is 0 Å². The van der Waals surface area contributed by atoms with Crippen LogP contribution in [0, 0.1) is 0 Å². The van der Waals surface area contributed by atoms with Gasteiger partial charge in [0.1, 0.15) is 6.61 Å². The van der Waals surface area contributed by atoms with Gasteiger partial charge in [-0.2, -0.15) is 0 Å². The van der Waals surface area contributed by atoms with Crippen molar-refractivity contribution in [1.29, 1.82) is 0 Å². The van der Waals surface area contributed by atoms with Crippen molar-refractivity contribution in [2.45, 2.75) is 117 Å². The van der Waals surface area contributed by atoms with E-state index in [1.54, 1.807) is 6.92 Å². The van der Waals surface area contributed by atoms with E-state index in [0.29, 0.717) is 13.0 Å². The van der Waals surface area contributed by atoms with E-state index in [1.807, 2.05) is 0 Å². The van der Waals surface area contributed by atoms with Gasteiger partial charge in [-0.05, 0) is 13.3 Å². The number of carboxylic acid groups (broad SMARTS) is 2.